The molecule has 0 spiro atoms. The molecule has 4 aromatic rings. The fourth-order valence-corrected chi connectivity index (χ4v) is 6.28. The molecule has 0 amide bonds. The van der Waals surface area contributed by atoms with Gasteiger partial charge in [0, 0.05) is 17.2 Å². The molecule has 9 heteroatoms. The predicted molar refractivity (Wildman–Crippen MR) is 145 cm³/mol. The fourth-order valence-electron chi connectivity index (χ4n) is 5.28. The summed E-state index contributed by atoms with van der Waals surface area (Å²) in [6, 6.07) is 20.3. The number of thiazole rings is 1. The van der Waals surface area contributed by atoms with E-state index in [2.05, 4.69) is 12.1 Å². The second kappa shape index (κ2) is 9.42. The Kier molecular flexibility index (Phi) is 5.92. The number of rotatable bonds is 5. The second-order valence-corrected chi connectivity index (χ2v) is 10.1. The van der Waals surface area contributed by atoms with Crippen molar-refractivity contribution in [2.24, 2.45) is 4.99 Å². The Hall–Kier alpha value is -4.50. The van der Waals surface area contributed by atoms with Crippen LogP contribution in [0.25, 0.3) is 11.8 Å². The third-order valence-electron chi connectivity index (χ3n) is 7.00. The van der Waals surface area contributed by atoms with Gasteiger partial charge < -0.3 is 9.47 Å². The molecule has 6 rings (SSSR count). The van der Waals surface area contributed by atoms with Gasteiger partial charge in [-0.15, -0.1) is 0 Å². The summed E-state index contributed by atoms with van der Waals surface area (Å²) >= 11 is 1.28. The maximum absolute atomic E-state index is 13.9. The van der Waals surface area contributed by atoms with Crippen LogP contribution in [0.4, 0.5) is 5.69 Å². The summed E-state index contributed by atoms with van der Waals surface area (Å²) in [5.41, 5.74) is 5.36. The van der Waals surface area contributed by atoms with E-state index >= 15 is 0 Å². The first kappa shape index (κ1) is 23.9. The monoisotopic (exact) mass is 525 g/mol. The third kappa shape index (κ3) is 3.83. The predicted octanol–water partition coefficient (Wildman–Crippen LogP) is 4.24. The largest absolute Gasteiger partial charge is 0.496 e. The van der Waals surface area contributed by atoms with Gasteiger partial charge >= 0.3 is 5.69 Å². The Balaban J connectivity index is 1.61. The lowest BCUT2D eigenvalue weighted by Crippen LogP contribution is -2.39. The Morgan fingerprint density at radius 3 is 2.58 bits per heavy atom. The molecule has 8 nitrogen and oxygen atoms in total. The van der Waals surface area contributed by atoms with Crippen molar-refractivity contribution in [1.29, 1.82) is 0 Å². The van der Waals surface area contributed by atoms with E-state index in [1.807, 2.05) is 36.4 Å². The van der Waals surface area contributed by atoms with E-state index in [0.29, 0.717) is 20.6 Å². The Morgan fingerprint density at radius 1 is 1.03 bits per heavy atom. The number of para-hydroxylation sites is 1. The number of allylic oxidation sites excluding steroid dienone is 1. The van der Waals surface area contributed by atoms with Crippen LogP contribution in [0.5, 0.6) is 11.5 Å². The second-order valence-electron chi connectivity index (χ2n) is 9.04. The number of hydrogen-bond acceptors (Lipinski definition) is 7. The number of methoxy groups -OCH3 is 2. The number of fused-ring (bicyclic) bond motifs is 3. The molecule has 2 aliphatic rings. The van der Waals surface area contributed by atoms with Crippen molar-refractivity contribution >= 4 is 28.8 Å². The minimum atomic E-state index is -0.495. The van der Waals surface area contributed by atoms with Crippen LogP contribution in [0, 0.1) is 10.1 Å². The lowest BCUT2D eigenvalue weighted by atomic mass is 9.83. The summed E-state index contributed by atoms with van der Waals surface area (Å²) in [5.74, 6) is 0.863. The third-order valence-corrected chi connectivity index (χ3v) is 7.99. The van der Waals surface area contributed by atoms with Gasteiger partial charge in [-0.05, 0) is 47.8 Å². The Bertz CT molecular complexity index is 1820. The van der Waals surface area contributed by atoms with E-state index in [1.54, 1.807) is 23.8 Å². The van der Waals surface area contributed by atoms with Gasteiger partial charge in [0.1, 0.15) is 5.75 Å². The van der Waals surface area contributed by atoms with Crippen molar-refractivity contribution in [3.63, 3.8) is 0 Å². The minimum Gasteiger partial charge on any atom is -0.496 e. The number of nitro benzene ring substituents is 1. The molecule has 1 aliphatic heterocycles. The quantitative estimate of drug-likeness (QED) is 0.287. The van der Waals surface area contributed by atoms with Crippen LogP contribution >= 0.6 is 11.3 Å². The molecule has 0 bridgehead atoms. The van der Waals surface area contributed by atoms with Crippen molar-refractivity contribution in [3.8, 4) is 11.5 Å². The standard InChI is InChI=1S/C29H23N3O5S/c1-36-23-10-6-5-9-20(23)27-21-13-12-18-7-3-4-8-19(18)26(21)30-29-31(27)28(33)25(38-29)16-17-11-14-24(37-2)22(15-17)32(34)35/h3-11,14-16,27H,12-13H2,1-2H3/b25-16-/t27-/m0/s1. The maximum Gasteiger partial charge on any atom is 0.311 e. The van der Waals surface area contributed by atoms with E-state index in [-0.39, 0.29) is 23.0 Å². The van der Waals surface area contributed by atoms with Crippen molar-refractivity contribution in [3.05, 3.63) is 124 Å². The SMILES string of the molecule is COc1ccccc1[C@H]1C2=C(N=c3s/c(=C\c4ccc(OC)c([N+](=O)[O-])c4)c(=O)n31)c1ccccc1CC2. The number of benzene rings is 3. The van der Waals surface area contributed by atoms with Crippen molar-refractivity contribution < 1.29 is 14.4 Å². The molecule has 0 saturated heterocycles. The van der Waals surface area contributed by atoms with Crippen LogP contribution in [-0.2, 0) is 6.42 Å². The smallest absolute Gasteiger partial charge is 0.311 e. The molecule has 1 aliphatic carbocycles. The topological polar surface area (TPSA) is 96.0 Å². The van der Waals surface area contributed by atoms with Gasteiger partial charge in [-0.25, -0.2) is 4.99 Å². The zero-order valence-electron chi connectivity index (χ0n) is 20.7. The highest BCUT2D eigenvalue weighted by Crippen LogP contribution is 2.43. The summed E-state index contributed by atoms with van der Waals surface area (Å²) in [4.78, 5) is 30.5. The number of hydrogen-bond donors (Lipinski definition) is 0. The summed E-state index contributed by atoms with van der Waals surface area (Å²) in [5, 5.41) is 11.5. The molecular formula is C29H23N3O5S. The van der Waals surface area contributed by atoms with E-state index in [1.165, 1.54) is 36.1 Å². The summed E-state index contributed by atoms with van der Waals surface area (Å²) in [7, 11) is 3.02. The van der Waals surface area contributed by atoms with Crippen LogP contribution in [-0.4, -0.2) is 23.7 Å². The van der Waals surface area contributed by atoms with Crippen molar-refractivity contribution in [2.75, 3.05) is 14.2 Å². The summed E-state index contributed by atoms with van der Waals surface area (Å²) < 4.78 is 13.0. The number of nitrogens with zero attached hydrogens (tertiary/aromatic N) is 3. The summed E-state index contributed by atoms with van der Waals surface area (Å²) in [6.07, 6.45) is 3.30. The van der Waals surface area contributed by atoms with Gasteiger partial charge in [0.25, 0.3) is 5.56 Å². The van der Waals surface area contributed by atoms with Gasteiger partial charge in [0.05, 0.1) is 35.4 Å². The van der Waals surface area contributed by atoms with Gasteiger partial charge in [0.15, 0.2) is 10.6 Å². The molecule has 0 fully saturated rings. The lowest BCUT2D eigenvalue weighted by molar-refractivity contribution is -0.385. The molecule has 1 aromatic heterocycles. The van der Waals surface area contributed by atoms with Crippen molar-refractivity contribution in [1.82, 2.24) is 4.57 Å². The molecule has 0 saturated carbocycles. The maximum atomic E-state index is 13.9. The first-order valence-corrected chi connectivity index (χ1v) is 12.9. The zero-order valence-corrected chi connectivity index (χ0v) is 21.5. The number of nitro groups is 1. The molecule has 1 atom stereocenters. The number of aryl methyl sites for hydroxylation is 1. The first-order chi connectivity index (χ1) is 18.5. The molecule has 0 radical (unpaired) electrons. The highest BCUT2D eigenvalue weighted by Gasteiger charge is 2.34. The molecular weight excluding hydrogens is 502 g/mol. The van der Waals surface area contributed by atoms with E-state index in [9.17, 15) is 14.9 Å². The minimum absolute atomic E-state index is 0.159. The van der Waals surface area contributed by atoms with Gasteiger partial charge in [0.2, 0.25) is 0 Å². The van der Waals surface area contributed by atoms with Crippen LogP contribution in [0.3, 0.4) is 0 Å². The first-order valence-electron chi connectivity index (χ1n) is 12.1. The Labute approximate surface area is 221 Å². The number of aromatic nitrogens is 1. The van der Waals surface area contributed by atoms with Crippen LogP contribution < -0.4 is 24.4 Å². The number of ether oxygens (including phenoxy) is 2. The lowest BCUT2D eigenvalue weighted by Gasteiger charge is -2.31. The fraction of sp³-hybridized carbons (Fsp3) is 0.172. The molecule has 0 unspecified atom stereocenters. The van der Waals surface area contributed by atoms with Gasteiger partial charge in [-0.3, -0.25) is 19.5 Å². The summed E-state index contributed by atoms with van der Waals surface area (Å²) in [6.45, 7) is 0. The molecule has 3 aromatic carbocycles. The van der Waals surface area contributed by atoms with Gasteiger partial charge in [-0.1, -0.05) is 59.9 Å². The van der Waals surface area contributed by atoms with E-state index in [0.717, 1.165) is 35.2 Å². The average Bonchev–Trinajstić information content (AvgIpc) is 3.25. The van der Waals surface area contributed by atoms with Crippen LogP contribution in [0.15, 0.2) is 82.1 Å². The Morgan fingerprint density at radius 2 is 1.79 bits per heavy atom. The molecule has 2 heterocycles. The zero-order chi connectivity index (χ0) is 26.4. The molecule has 190 valence electrons. The average molecular weight is 526 g/mol. The van der Waals surface area contributed by atoms with Gasteiger partial charge in [-0.2, -0.15) is 0 Å². The van der Waals surface area contributed by atoms with Crippen LogP contribution in [0.1, 0.15) is 34.7 Å². The van der Waals surface area contributed by atoms with Crippen molar-refractivity contribution in [2.45, 2.75) is 18.9 Å². The van der Waals surface area contributed by atoms with E-state index < -0.39 is 4.92 Å². The van der Waals surface area contributed by atoms with E-state index in [4.69, 9.17) is 14.5 Å². The highest BCUT2D eigenvalue weighted by molar-refractivity contribution is 7.07. The molecule has 38 heavy (non-hydrogen) atoms. The molecule has 0 N–H and O–H groups in total. The highest BCUT2D eigenvalue weighted by atomic mass is 32.1. The normalized spacial score (nSPS) is 16.3. The van der Waals surface area contributed by atoms with Crippen LogP contribution in [0.2, 0.25) is 0 Å².